The van der Waals surface area contributed by atoms with Gasteiger partial charge in [0.05, 0.1) is 21.6 Å². The minimum absolute atomic E-state index is 0.178. The fourth-order valence-electron chi connectivity index (χ4n) is 1.40. The highest BCUT2D eigenvalue weighted by Crippen LogP contribution is 2.30. The summed E-state index contributed by atoms with van der Waals surface area (Å²) in [5, 5.41) is -0.307. The smallest absolute Gasteiger partial charge is 0.329 e. The van der Waals surface area contributed by atoms with Crippen LogP contribution in [0.1, 0.15) is 18.9 Å². The number of halogens is 3. The van der Waals surface area contributed by atoms with Gasteiger partial charge in [0, 0.05) is 11.4 Å². The van der Waals surface area contributed by atoms with Crippen LogP contribution in [0.2, 0.25) is 0 Å². The molecule has 2 unspecified atom stereocenters. The third kappa shape index (κ3) is 3.54. The summed E-state index contributed by atoms with van der Waals surface area (Å²) in [7, 11) is -1.49. The minimum atomic E-state index is -4.41. The van der Waals surface area contributed by atoms with E-state index in [1.807, 2.05) is 6.92 Å². The molecule has 2 nitrogen and oxygen atoms in total. The molecule has 0 spiro atoms. The van der Waals surface area contributed by atoms with E-state index >= 15 is 0 Å². The molecule has 0 aromatic heterocycles. The van der Waals surface area contributed by atoms with E-state index in [9.17, 15) is 17.4 Å². The lowest BCUT2D eigenvalue weighted by Crippen LogP contribution is -2.24. The number of nitrogens with two attached hydrogens (primary N) is 1. The molecule has 2 atom stereocenters. The zero-order chi connectivity index (χ0) is 13.1. The SMILES string of the molecule is CCC(CN)S(=O)c1cccc(C(F)(F)F)c1. The van der Waals surface area contributed by atoms with Crippen molar-refractivity contribution in [3.05, 3.63) is 29.8 Å². The Kier molecular flexibility index (Phi) is 4.70. The van der Waals surface area contributed by atoms with Crippen molar-refractivity contribution >= 4 is 10.8 Å². The van der Waals surface area contributed by atoms with Crippen LogP contribution in [0.4, 0.5) is 13.2 Å². The Labute approximate surface area is 100 Å². The van der Waals surface area contributed by atoms with E-state index in [4.69, 9.17) is 5.73 Å². The number of alkyl halides is 3. The van der Waals surface area contributed by atoms with Crippen molar-refractivity contribution in [3.63, 3.8) is 0 Å². The molecule has 0 aliphatic rings. The zero-order valence-corrected chi connectivity index (χ0v) is 10.1. The lowest BCUT2D eigenvalue weighted by Gasteiger charge is -2.13. The molecule has 0 saturated carbocycles. The Morgan fingerprint density at radius 1 is 1.41 bits per heavy atom. The van der Waals surface area contributed by atoms with Gasteiger partial charge in [0.2, 0.25) is 0 Å². The number of hydrogen-bond acceptors (Lipinski definition) is 2. The second-order valence-electron chi connectivity index (χ2n) is 3.59. The first-order chi connectivity index (χ1) is 7.90. The van der Waals surface area contributed by atoms with E-state index in [2.05, 4.69) is 0 Å². The largest absolute Gasteiger partial charge is 0.416 e. The maximum Gasteiger partial charge on any atom is 0.416 e. The summed E-state index contributed by atoms with van der Waals surface area (Å²) in [6.45, 7) is 2.00. The molecule has 0 bridgehead atoms. The Balaban J connectivity index is 3.04. The Morgan fingerprint density at radius 2 is 2.06 bits per heavy atom. The molecular formula is C11H14F3NOS. The van der Waals surface area contributed by atoms with Crippen LogP contribution in [0, 0.1) is 0 Å². The molecule has 6 heteroatoms. The summed E-state index contributed by atoms with van der Waals surface area (Å²) in [4.78, 5) is 0.178. The van der Waals surface area contributed by atoms with E-state index < -0.39 is 22.5 Å². The fourth-order valence-corrected chi connectivity index (χ4v) is 2.71. The highest BCUT2D eigenvalue weighted by Gasteiger charge is 2.31. The summed E-state index contributed by atoms with van der Waals surface area (Å²) in [5.41, 5.74) is 4.65. The number of rotatable bonds is 4. The molecule has 0 fully saturated rings. The molecule has 2 N–H and O–H groups in total. The highest BCUT2D eigenvalue weighted by molar-refractivity contribution is 7.85. The van der Waals surface area contributed by atoms with E-state index in [1.54, 1.807) is 0 Å². The van der Waals surface area contributed by atoms with E-state index in [-0.39, 0.29) is 16.7 Å². The number of hydrogen-bond donors (Lipinski definition) is 1. The molecule has 0 amide bonds. The van der Waals surface area contributed by atoms with Crippen LogP contribution in [0.15, 0.2) is 29.2 Å². The van der Waals surface area contributed by atoms with Gasteiger partial charge in [-0.15, -0.1) is 0 Å². The lowest BCUT2D eigenvalue weighted by molar-refractivity contribution is -0.137. The van der Waals surface area contributed by atoms with Gasteiger partial charge in [-0.25, -0.2) is 0 Å². The van der Waals surface area contributed by atoms with E-state index in [0.29, 0.717) is 6.42 Å². The van der Waals surface area contributed by atoms with E-state index in [0.717, 1.165) is 12.1 Å². The zero-order valence-electron chi connectivity index (χ0n) is 9.33. The normalized spacial score (nSPS) is 15.6. The summed E-state index contributed by atoms with van der Waals surface area (Å²) < 4.78 is 49.4. The average Bonchev–Trinajstić information content (AvgIpc) is 2.29. The maximum atomic E-state index is 12.5. The third-order valence-corrected chi connectivity index (χ3v) is 4.26. The summed E-state index contributed by atoms with van der Waals surface area (Å²) in [6, 6.07) is 4.58. The van der Waals surface area contributed by atoms with Crippen molar-refractivity contribution in [2.75, 3.05) is 6.54 Å². The molecule has 0 heterocycles. The van der Waals surface area contributed by atoms with Gasteiger partial charge in [-0.05, 0) is 24.6 Å². The van der Waals surface area contributed by atoms with Crippen molar-refractivity contribution in [1.82, 2.24) is 0 Å². The second kappa shape index (κ2) is 5.64. The molecule has 1 rings (SSSR count). The minimum Gasteiger partial charge on any atom is -0.329 e. The highest BCUT2D eigenvalue weighted by atomic mass is 32.2. The van der Waals surface area contributed by atoms with Crippen LogP contribution in [0.3, 0.4) is 0 Å². The summed E-state index contributed by atoms with van der Waals surface area (Å²) in [6.07, 6.45) is -3.84. The van der Waals surface area contributed by atoms with Gasteiger partial charge in [0.15, 0.2) is 0 Å². The molecule has 0 radical (unpaired) electrons. The van der Waals surface area contributed by atoms with Gasteiger partial charge >= 0.3 is 6.18 Å². The molecule has 0 aliphatic carbocycles. The van der Waals surface area contributed by atoms with Crippen molar-refractivity contribution in [2.24, 2.45) is 5.73 Å². The van der Waals surface area contributed by atoms with Gasteiger partial charge < -0.3 is 5.73 Å². The number of benzene rings is 1. The molecule has 0 saturated heterocycles. The Bertz CT molecular complexity index is 402. The van der Waals surface area contributed by atoms with Crippen LogP contribution >= 0.6 is 0 Å². The standard InChI is InChI=1S/C11H14F3NOS/c1-2-9(7-15)17(16)10-5-3-4-8(6-10)11(12,13)14/h3-6,9H,2,7,15H2,1H3. The van der Waals surface area contributed by atoms with Gasteiger partial charge in [-0.2, -0.15) is 13.2 Å². The van der Waals surface area contributed by atoms with Crippen LogP contribution in [0.25, 0.3) is 0 Å². The van der Waals surface area contributed by atoms with E-state index in [1.165, 1.54) is 12.1 Å². The van der Waals surface area contributed by atoms with Crippen molar-refractivity contribution in [2.45, 2.75) is 29.7 Å². The molecule has 0 aliphatic heterocycles. The lowest BCUT2D eigenvalue weighted by atomic mass is 10.2. The van der Waals surface area contributed by atoms with Crippen LogP contribution in [-0.4, -0.2) is 16.0 Å². The predicted molar refractivity (Wildman–Crippen MR) is 61.0 cm³/mol. The van der Waals surface area contributed by atoms with Crippen molar-refractivity contribution in [3.8, 4) is 0 Å². The molecule has 1 aromatic carbocycles. The van der Waals surface area contributed by atoms with Crippen molar-refractivity contribution < 1.29 is 17.4 Å². The van der Waals surface area contributed by atoms with Gasteiger partial charge in [-0.1, -0.05) is 13.0 Å². The van der Waals surface area contributed by atoms with Crippen LogP contribution in [0.5, 0.6) is 0 Å². The van der Waals surface area contributed by atoms with Crippen molar-refractivity contribution in [1.29, 1.82) is 0 Å². The quantitative estimate of drug-likeness (QED) is 0.909. The monoisotopic (exact) mass is 265 g/mol. The third-order valence-electron chi connectivity index (χ3n) is 2.41. The molecule has 96 valence electrons. The topological polar surface area (TPSA) is 43.1 Å². The second-order valence-corrected chi connectivity index (χ2v) is 5.32. The average molecular weight is 265 g/mol. The predicted octanol–water partition coefficient (Wildman–Crippen LogP) is 2.55. The Hall–Kier alpha value is -0.880. The maximum absolute atomic E-state index is 12.5. The summed E-state index contributed by atoms with van der Waals surface area (Å²) in [5.74, 6) is 0. The fraction of sp³-hybridized carbons (Fsp3) is 0.455. The summed E-state index contributed by atoms with van der Waals surface area (Å²) >= 11 is 0. The molecule has 17 heavy (non-hydrogen) atoms. The molecular weight excluding hydrogens is 251 g/mol. The molecule has 1 aromatic rings. The van der Waals surface area contributed by atoms with Crippen LogP contribution < -0.4 is 5.73 Å². The first-order valence-corrected chi connectivity index (χ1v) is 6.39. The first-order valence-electron chi connectivity index (χ1n) is 5.18. The van der Waals surface area contributed by atoms with Crippen LogP contribution in [-0.2, 0) is 17.0 Å². The van der Waals surface area contributed by atoms with Gasteiger partial charge in [0.25, 0.3) is 0 Å². The van der Waals surface area contributed by atoms with Gasteiger partial charge in [0.1, 0.15) is 0 Å². The first kappa shape index (κ1) is 14.2. The van der Waals surface area contributed by atoms with Gasteiger partial charge in [-0.3, -0.25) is 4.21 Å². The Morgan fingerprint density at radius 3 is 2.53 bits per heavy atom.